The van der Waals surface area contributed by atoms with E-state index in [-0.39, 0.29) is 12.6 Å². The van der Waals surface area contributed by atoms with Gasteiger partial charge in [-0.1, -0.05) is 29.3 Å². The molecule has 0 heterocycles. The molecule has 1 fully saturated rings. The maximum atomic E-state index is 9.33. The van der Waals surface area contributed by atoms with Crippen LogP contribution in [-0.2, 0) is 0 Å². The first-order valence-electron chi connectivity index (χ1n) is 5.03. The molecule has 1 aromatic carbocycles. The Morgan fingerprint density at radius 3 is 2.40 bits per heavy atom. The minimum atomic E-state index is -0.154. The number of rotatable bonds is 4. The molecule has 2 nitrogen and oxygen atoms in total. The van der Waals surface area contributed by atoms with E-state index in [9.17, 15) is 5.11 Å². The highest BCUT2D eigenvalue weighted by Gasteiger charge is 2.26. The fraction of sp³-hybridized carbons (Fsp3) is 0.455. The third-order valence-corrected chi connectivity index (χ3v) is 3.20. The van der Waals surface area contributed by atoms with Gasteiger partial charge in [-0.2, -0.15) is 0 Å². The summed E-state index contributed by atoms with van der Waals surface area (Å²) in [5.41, 5.74) is 0.801. The van der Waals surface area contributed by atoms with Gasteiger partial charge in [0.2, 0.25) is 0 Å². The molecule has 0 bridgehead atoms. The first-order chi connectivity index (χ1) is 7.22. The Kier molecular flexibility index (Phi) is 3.52. The maximum Gasteiger partial charge on any atom is 0.0627 e. The lowest BCUT2D eigenvalue weighted by molar-refractivity contribution is 0.243. The molecule has 1 aromatic rings. The molecule has 82 valence electrons. The molecule has 0 radical (unpaired) electrons. The molecule has 15 heavy (non-hydrogen) atoms. The summed E-state index contributed by atoms with van der Waals surface area (Å²) < 4.78 is 0. The summed E-state index contributed by atoms with van der Waals surface area (Å²) in [5, 5.41) is 13.9. The molecule has 0 amide bonds. The van der Waals surface area contributed by atoms with E-state index in [1.165, 1.54) is 12.8 Å². The molecule has 2 N–H and O–H groups in total. The molecule has 0 aliphatic heterocycles. The van der Waals surface area contributed by atoms with Crippen molar-refractivity contribution in [2.45, 2.75) is 24.9 Å². The number of nitrogens with one attached hydrogen (secondary N) is 1. The van der Waals surface area contributed by atoms with Crippen LogP contribution < -0.4 is 5.32 Å². The van der Waals surface area contributed by atoms with Crippen molar-refractivity contribution < 1.29 is 5.11 Å². The van der Waals surface area contributed by atoms with Crippen LogP contribution in [0.1, 0.15) is 24.4 Å². The molecular formula is C11H13Cl2NO. The largest absolute Gasteiger partial charge is 0.394 e. The molecule has 1 unspecified atom stereocenters. The van der Waals surface area contributed by atoms with Crippen LogP contribution in [0.2, 0.25) is 10.0 Å². The predicted molar refractivity (Wildman–Crippen MR) is 62.4 cm³/mol. The highest BCUT2D eigenvalue weighted by molar-refractivity contribution is 6.36. The van der Waals surface area contributed by atoms with Crippen LogP contribution in [0.25, 0.3) is 0 Å². The van der Waals surface area contributed by atoms with E-state index in [0.29, 0.717) is 16.1 Å². The van der Waals surface area contributed by atoms with Crippen molar-refractivity contribution in [1.29, 1.82) is 0 Å². The van der Waals surface area contributed by atoms with Gasteiger partial charge < -0.3 is 10.4 Å². The van der Waals surface area contributed by atoms with Gasteiger partial charge in [0.1, 0.15) is 0 Å². The van der Waals surface area contributed by atoms with Crippen molar-refractivity contribution in [2.75, 3.05) is 6.61 Å². The van der Waals surface area contributed by atoms with Crippen molar-refractivity contribution in [2.24, 2.45) is 0 Å². The van der Waals surface area contributed by atoms with Crippen LogP contribution in [0.15, 0.2) is 18.2 Å². The average Bonchev–Trinajstić information content (AvgIpc) is 2.99. The van der Waals surface area contributed by atoms with Crippen LogP contribution in [0.5, 0.6) is 0 Å². The molecule has 1 aliphatic rings. The molecular weight excluding hydrogens is 233 g/mol. The Morgan fingerprint density at radius 2 is 1.93 bits per heavy atom. The van der Waals surface area contributed by atoms with Gasteiger partial charge in [0, 0.05) is 21.7 Å². The molecule has 4 heteroatoms. The zero-order chi connectivity index (χ0) is 10.8. The highest BCUT2D eigenvalue weighted by Crippen LogP contribution is 2.32. The summed E-state index contributed by atoms with van der Waals surface area (Å²) in [6.45, 7) is 0.0138. The quantitative estimate of drug-likeness (QED) is 0.856. The Bertz CT molecular complexity index is 332. The first kappa shape index (κ1) is 11.2. The third-order valence-electron chi connectivity index (χ3n) is 2.54. The molecule has 0 spiro atoms. The van der Waals surface area contributed by atoms with E-state index in [1.807, 2.05) is 0 Å². The standard InChI is InChI=1S/C11H13Cl2NO/c12-8-2-1-3-9(13)11(8)10(6-15)14-7-4-5-7/h1-3,7,10,14-15H,4-6H2. The van der Waals surface area contributed by atoms with Gasteiger partial charge in [-0.3, -0.25) is 0 Å². The van der Waals surface area contributed by atoms with E-state index in [2.05, 4.69) is 5.32 Å². The lowest BCUT2D eigenvalue weighted by atomic mass is 10.1. The maximum absolute atomic E-state index is 9.33. The Hall–Kier alpha value is -0.280. The van der Waals surface area contributed by atoms with E-state index >= 15 is 0 Å². The van der Waals surface area contributed by atoms with Gasteiger partial charge >= 0.3 is 0 Å². The van der Waals surface area contributed by atoms with Crippen LogP contribution in [0.4, 0.5) is 0 Å². The topological polar surface area (TPSA) is 32.3 Å². The van der Waals surface area contributed by atoms with Gasteiger partial charge in [0.25, 0.3) is 0 Å². The molecule has 1 atom stereocenters. The van der Waals surface area contributed by atoms with Gasteiger partial charge in [-0.05, 0) is 25.0 Å². The van der Waals surface area contributed by atoms with Gasteiger partial charge in [0.15, 0.2) is 0 Å². The summed E-state index contributed by atoms with van der Waals surface area (Å²) in [4.78, 5) is 0. The molecule has 0 saturated heterocycles. The average molecular weight is 246 g/mol. The van der Waals surface area contributed by atoms with Crippen LogP contribution >= 0.6 is 23.2 Å². The Labute approximate surface area is 99.2 Å². The molecule has 1 aliphatic carbocycles. The Morgan fingerprint density at radius 1 is 1.33 bits per heavy atom. The van der Waals surface area contributed by atoms with E-state index in [1.54, 1.807) is 18.2 Å². The molecule has 2 rings (SSSR count). The first-order valence-corrected chi connectivity index (χ1v) is 5.78. The number of halogens is 2. The minimum absolute atomic E-state index is 0.0138. The summed E-state index contributed by atoms with van der Waals surface area (Å²) in [6.07, 6.45) is 2.33. The molecule has 1 saturated carbocycles. The molecule has 0 aromatic heterocycles. The van der Waals surface area contributed by atoms with Crippen molar-refractivity contribution in [3.05, 3.63) is 33.8 Å². The van der Waals surface area contributed by atoms with Crippen LogP contribution in [0.3, 0.4) is 0 Å². The second-order valence-corrected chi connectivity index (χ2v) is 4.63. The Balaban J connectivity index is 2.23. The monoisotopic (exact) mass is 245 g/mol. The second-order valence-electron chi connectivity index (χ2n) is 3.81. The smallest absolute Gasteiger partial charge is 0.0627 e. The summed E-state index contributed by atoms with van der Waals surface area (Å²) in [5.74, 6) is 0. The fourth-order valence-electron chi connectivity index (χ4n) is 1.61. The number of hydrogen-bond donors (Lipinski definition) is 2. The normalized spacial score (nSPS) is 17.8. The third kappa shape index (κ3) is 2.64. The number of aliphatic hydroxyl groups excluding tert-OH is 1. The number of aliphatic hydroxyl groups is 1. The van der Waals surface area contributed by atoms with E-state index in [0.717, 1.165) is 5.56 Å². The van der Waals surface area contributed by atoms with Gasteiger partial charge in [-0.15, -0.1) is 0 Å². The fourth-order valence-corrected chi connectivity index (χ4v) is 2.27. The number of hydrogen-bond acceptors (Lipinski definition) is 2. The summed E-state index contributed by atoms with van der Waals surface area (Å²) in [6, 6.07) is 5.74. The predicted octanol–water partition coefficient (Wildman–Crippen LogP) is 2.78. The lowest BCUT2D eigenvalue weighted by Gasteiger charge is -2.18. The summed E-state index contributed by atoms with van der Waals surface area (Å²) in [7, 11) is 0. The van der Waals surface area contributed by atoms with Gasteiger partial charge in [-0.25, -0.2) is 0 Å². The minimum Gasteiger partial charge on any atom is -0.394 e. The number of benzene rings is 1. The van der Waals surface area contributed by atoms with E-state index in [4.69, 9.17) is 23.2 Å². The zero-order valence-corrected chi connectivity index (χ0v) is 9.72. The highest BCUT2D eigenvalue weighted by atomic mass is 35.5. The van der Waals surface area contributed by atoms with Crippen LogP contribution in [-0.4, -0.2) is 17.8 Å². The van der Waals surface area contributed by atoms with Crippen LogP contribution in [0, 0.1) is 0 Å². The van der Waals surface area contributed by atoms with Crippen molar-refractivity contribution >= 4 is 23.2 Å². The van der Waals surface area contributed by atoms with Gasteiger partial charge in [0.05, 0.1) is 12.6 Å². The lowest BCUT2D eigenvalue weighted by Crippen LogP contribution is -2.26. The van der Waals surface area contributed by atoms with Crippen molar-refractivity contribution in [3.8, 4) is 0 Å². The zero-order valence-electron chi connectivity index (χ0n) is 8.21. The SMILES string of the molecule is OCC(NC1CC1)c1c(Cl)cccc1Cl. The van der Waals surface area contributed by atoms with Crippen molar-refractivity contribution in [3.63, 3.8) is 0 Å². The van der Waals surface area contributed by atoms with Crippen molar-refractivity contribution in [1.82, 2.24) is 5.32 Å². The second kappa shape index (κ2) is 4.71. The van der Waals surface area contributed by atoms with E-state index < -0.39 is 0 Å². The summed E-state index contributed by atoms with van der Waals surface area (Å²) >= 11 is 12.1.